The molecule has 2 aliphatic heterocycles. The minimum absolute atomic E-state index is 0.250. The molecule has 7 nitrogen and oxygen atoms in total. The highest BCUT2D eigenvalue weighted by Gasteiger charge is 2.32. The van der Waals surface area contributed by atoms with Crippen LogP contribution in [0.4, 0.5) is 10.3 Å². The van der Waals surface area contributed by atoms with Crippen LogP contribution in [0.15, 0.2) is 60.8 Å². The van der Waals surface area contributed by atoms with E-state index in [4.69, 9.17) is 9.97 Å². The number of anilines is 1. The Morgan fingerprint density at radius 1 is 1.00 bits per heavy atom. The van der Waals surface area contributed by atoms with Gasteiger partial charge in [-0.2, -0.15) is 0 Å². The Morgan fingerprint density at radius 3 is 2.63 bits per heavy atom. The molecular weight excluding hydrogens is 477 g/mol. The maximum atomic E-state index is 13.8. The number of aromatic nitrogens is 4. The van der Waals surface area contributed by atoms with Gasteiger partial charge in [0.1, 0.15) is 11.6 Å². The number of hydrogen-bond acceptors (Lipinski definition) is 6. The van der Waals surface area contributed by atoms with Gasteiger partial charge in [-0.1, -0.05) is 24.3 Å². The summed E-state index contributed by atoms with van der Waals surface area (Å²) in [5, 5.41) is 3.35. The number of aryl methyl sites for hydroxylation is 1. The van der Waals surface area contributed by atoms with Crippen LogP contribution in [-0.4, -0.2) is 69.6 Å². The van der Waals surface area contributed by atoms with Crippen LogP contribution in [0.25, 0.3) is 22.6 Å². The van der Waals surface area contributed by atoms with Crippen LogP contribution in [0, 0.1) is 5.82 Å². The summed E-state index contributed by atoms with van der Waals surface area (Å²) in [5.74, 6) is 1.43. The molecule has 0 unspecified atom stereocenters. The fourth-order valence-electron chi connectivity index (χ4n) is 5.68. The van der Waals surface area contributed by atoms with E-state index in [-0.39, 0.29) is 5.82 Å². The summed E-state index contributed by atoms with van der Waals surface area (Å²) >= 11 is 0. The lowest BCUT2D eigenvalue weighted by atomic mass is 9.99. The van der Waals surface area contributed by atoms with Gasteiger partial charge in [0.05, 0.1) is 17.1 Å². The van der Waals surface area contributed by atoms with Crippen molar-refractivity contribution in [2.24, 2.45) is 0 Å². The van der Waals surface area contributed by atoms with Crippen molar-refractivity contribution in [2.75, 3.05) is 45.6 Å². The molecule has 1 N–H and O–H groups in total. The lowest BCUT2D eigenvalue weighted by Gasteiger charge is -2.31. The predicted octanol–water partition coefficient (Wildman–Crippen LogP) is 4.67. The average Bonchev–Trinajstić information content (AvgIpc) is 3.49. The predicted molar refractivity (Wildman–Crippen MR) is 148 cm³/mol. The second-order valence-electron chi connectivity index (χ2n) is 10.5. The Bertz CT molecular complexity index is 1410. The molecule has 6 rings (SSSR count). The molecule has 0 fully saturated rings. The van der Waals surface area contributed by atoms with Gasteiger partial charge in [0, 0.05) is 56.9 Å². The zero-order valence-electron chi connectivity index (χ0n) is 22.1. The molecule has 0 saturated carbocycles. The molecule has 196 valence electrons. The molecule has 0 spiro atoms. The number of halogens is 1. The second-order valence-corrected chi connectivity index (χ2v) is 10.5. The molecule has 0 radical (unpaired) electrons. The highest BCUT2D eigenvalue weighted by molar-refractivity contribution is 5.78. The van der Waals surface area contributed by atoms with Gasteiger partial charge in [-0.05, 0) is 68.4 Å². The Morgan fingerprint density at radius 2 is 1.82 bits per heavy atom. The lowest BCUT2D eigenvalue weighted by molar-refractivity contribution is 0.218. The third-order valence-electron chi connectivity index (χ3n) is 7.59. The Balaban J connectivity index is 1.35. The van der Waals surface area contributed by atoms with Crippen LogP contribution in [-0.2, 0) is 19.4 Å². The number of likely N-dealkylation sites (N-methyl/N-ethyl adjacent to an activating group) is 1. The molecule has 2 aliphatic rings. The molecule has 0 aliphatic carbocycles. The van der Waals surface area contributed by atoms with E-state index >= 15 is 0 Å². The van der Waals surface area contributed by atoms with E-state index in [0.29, 0.717) is 12.0 Å². The first-order chi connectivity index (χ1) is 18.5. The topological polar surface area (TPSA) is 62.1 Å². The lowest BCUT2D eigenvalue weighted by Crippen LogP contribution is -2.34. The molecule has 4 heterocycles. The number of nitrogens with zero attached hydrogens (tertiary/aromatic N) is 6. The number of rotatable bonds is 8. The summed E-state index contributed by atoms with van der Waals surface area (Å²) in [6.45, 7) is 4.64. The minimum atomic E-state index is -0.250. The SMILES string of the molecule is CN(C)CCNc1nccc(-c2c(-c3ccc(F)cc3)nc3n2[C@H](CN2CCc4ccccc4C2)CC3)n1. The first kappa shape index (κ1) is 24.7. The standard InChI is InChI=1S/C30H34FN7/c1-36(2)18-16-33-30-32-15-13-26(34-30)29-28(22-7-9-24(31)10-8-22)35-27-12-11-25(38(27)29)20-37-17-14-21-5-3-4-6-23(21)19-37/h3-10,13,15,25H,11-12,14,16-20H2,1-2H3,(H,32,33,34)/t25-/m0/s1. The molecule has 0 saturated heterocycles. The Kier molecular flexibility index (Phi) is 6.91. The van der Waals surface area contributed by atoms with Gasteiger partial charge in [0.2, 0.25) is 5.95 Å². The van der Waals surface area contributed by atoms with Crippen LogP contribution < -0.4 is 5.32 Å². The molecule has 1 atom stereocenters. The van der Waals surface area contributed by atoms with Crippen molar-refractivity contribution in [3.63, 3.8) is 0 Å². The molecule has 38 heavy (non-hydrogen) atoms. The quantitative estimate of drug-likeness (QED) is 0.371. The molecular formula is C30H34FN7. The molecule has 8 heteroatoms. The molecule has 2 aromatic heterocycles. The van der Waals surface area contributed by atoms with E-state index in [9.17, 15) is 4.39 Å². The summed E-state index contributed by atoms with van der Waals surface area (Å²) in [4.78, 5) is 19.2. The number of imidazole rings is 1. The zero-order valence-corrected chi connectivity index (χ0v) is 22.1. The number of nitrogens with one attached hydrogen (secondary N) is 1. The zero-order chi connectivity index (χ0) is 26.1. The Labute approximate surface area is 223 Å². The number of hydrogen-bond donors (Lipinski definition) is 1. The summed E-state index contributed by atoms with van der Waals surface area (Å²) in [5.41, 5.74) is 6.47. The second kappa shape index (κ2) is 10.6. The van der Waals surface area contributed by atoms with Crippen molar-refractivity contribution in [1.82, 2.24) is 29.3 Å². The highest BCUT2D eigenvalue weighted by atomic mass is 19.1. The van der Waals surface area contributed by atoms with Crippen LogP contribution >= 0.6 is 0 Å². The highest BCUT2D eigenvalue weighted by Crippen LogP contribution is 2.40. The summed E-state index contributed by atoms with van der Waals surface area (Å²) in [6, 6.07) is 17.7. The minimum Gasteiger partial charge on any atom is -0.353 e. The summed E-state index contributed by atoms with van der Waals surface area (Å²) in [6.07, 6.45) is 4.86. The van der Waals surface area contributed by atoms with Crippen LogP contribution in [0.3, 0.4) is 0 Å². The van der Waals surface area contributed by atoms with E-state index in [1.54, 1.807) is 6.20 Å². The summed E-state index contributed by atoms with van der Waals surface area (Å²) < 4.78 is 16.2. The summed E-state index contributed by atoms with van der Waals surface area (Å²) in [7, 11) is 4.09. The van der Waals surface area contributed by atoms with E-state index in [2.05, 4.69) is 48.9 Å². The number of fused-ring (bicyclic) bond motifs is 2. The van der Waals surface area contributed by atoms with Crippen LogP contribution in [0.5, 0.6) is 0 Å². The third-order valence-corrected chi connectivity index (χ3v) is 7.59. The molecule has 0 amide bonds. The third kappa shape index (κ3) is 5.06. The molecule has 4 aromatic rings. The van der Waals surface area contributed by atoms with Crippen molar-refractivity contribution >= 4 is 5.95 Å². The van der Waals surface area contributed by atoms with Gasteiger partial charge < -0.3 is 14.8 Å². The van der Waals surface area contributed by atoms with E-state index in [1.165, 1.54) is 23.3 Å². The van der Waals surface area contributed by atoms with Crippen LogP contribution in [0.2, 0.25) is 0 Å². The first-order valence-corrected chi connectivity index (χ1v) is 13.4. The fraction of sp³-hybridized carbons (Fsp3) is 0.367. The van der Waals surface area contributed by atoms with Gasteiger partial charge in [-0.25, -0.2) is 19.3 Å². The largest absolute Gasteiger partial charge is 0.353 e. The van der Waals surface area contributed by atoms with Crippen molar-refractivity contribution in [3.8, 4) is 22.6 Å². The molecule has 2 aromatic carbocycles. The maximum Gasteiger partial charge on any atom is 0.223 e. The van der Waals surface area contributed by atoms with Crippen molar-refractivity contribution in [1.29, 1.82) is 0 Å². The van der Waals surface area contributed by atoms with Gasteiger partial charge in [-0.3, -0.25) is 4.90 Å². The Hall–Kier alpha value is -3.62. The van der Waals surface area contributed by atoms with Gasteiger partial charge >= 0.3 is 0 Å². The number of benzene rings is 2. The molecule has 0 bridgehead atoms. The fourth-order valence-corrected chi connectivity index (χ4v) is 5.68. The van der Waals surface area contributed by atoms with Gasteiger partial charge in [-0.15, -0.1) is 0 Å². The van der Waals surface area contributed by atoms with Gasteiger partial charge in [0.15, 0.2) is 0 Å². The monoisotopic (exact) mass is 511 g/mol. The van der Waals surface area contributed by atoms with E-state index < -0.39 is 0 Å². The van der Waals surface area contributed by atoms with E-state index in [1.807, 2.05) is 32.3 Å². The average molecular weight is 512 g/mol. The first-order valence-electron chi connectivity index (χ1n) is 13.4. The van der Waals surface area contributed by atoms with Crippen LogP contribution in [0.1, 0.15) is 29.4 Å². The van der Waals surface area contributed by atoms with E-state index in [0.717, 1.165) is 80.5 Å². The van der Waals surface area contributed by atoms with Crippen molar-refractivity contribution < 1.29 is 4.39 Å². The normalized spacial score (nSPS) is 17.0. The van der Waals surface area contributed by atoms with Gasteiger partial charge in [0.25, 0.3) is 0 Å². The smallest absolute Gasteiger partial charge is 0.223 e. The van der Waals surface area contributed by atoms with Crippen molar-refractivity contribution in [2.45, 2.75) is 31.8 Å². The van der Waals surface area contributed by atoms with Crippen molar-refractivity contribution in [3.05, 3.63) is 83.6 Å². The maximum absolute atomic E-state index is 13.8.